The van der Waals surface area contributed by atoms with Crippen molar-refractivity contribution in [2.75, 3.05) is 25.5 Å². The largest absolute Gasteiger partial charge is 0.506 e. The number of likely N-dealkylation sites (N-methyl/N-ethyl adjacent to an activating group) is 1. The van der Waals surface area contributed by atoms with E-state index in [4.69, 9.17) is 4.43 Å². The number of benzene rings is 2. The standard InChI is InChI=1S/C31H38F3N3O4Si/c1-30(2,3)42(5,6)41-26(23-15-17-25(38)28-24(23)16-18-27(39)36-28)20-37(4)19-9-7-8-10-21-11-13-22(14-12-21)35-29(40)31(32,33)34/h11-18,26,38H,7,9,19-20H2,1-6H3,(H,35,40)(H,36,39). The minimum atomic E-state index is -4.94. The molecule has 42 heavy (non-hydrogen) atoms. The average molecular weight is 602 g/mol. The first-order chi connectivity index (χ1) is 19.5. The molecular formula is C31H38F3N3O4Si. The quantitative estimate of drug-likeness (QED) is 0.147. The third-order valence-corrected chi connectivity index (χ3v) is 11.9. The zero-order chi connectivity index (χ0) is 31.3. The molecule has 0 aliphatic rings. The predicted molar refractivity (Wildman–Crippen MR) is 162 cm³/mol. The van der Waals surface area contributed by atoms with Crippen LogP contribution in [0.2, 0.25) is 18.1 Å². The smallest absolute Gasteiger partial charge is 0.471 e. The number of phenolic OH excluding ortho intramolecular Hbond substituents is 1. The zero-order valence-corrected chi connectivity index (χ0v) is 25.8. The fourth-order valence-electron chi connectivity index (χ4n) is 4.09. The van der Waals surface area contributed by atoms with Gasteiger partial charge in [-0.1, -0.05) is 38.7 Å². The molecule has 1 unspecified atom stereocenters. The van der Waals surface area contributed by atoms with E-state index >= 15 is 0 Å². The number of fused-ring (bicyclic) bond motifs is 1. The lowest BCUT2D eigenvalue weighted by Gasteiger charge is -2.40. The van der Waals surface area contributed by atoms with E-state index in [0.717, 1.165) is 23.9 Å². The Bertz CT molecular complexity index is 1520. The first-order valence-electron chi connectivity index (χ1n) is 13.7. The summed E-state index contributed by atoms with van der Waals surface area (Å²) in [7, 11) is -0.188. The van der Waals surface area contributed by atoms with Crippen LogP contribution in [0.4, 0.5) is 18.9 Å². The number of nitrogens with one attached hydrogen (secondary N) is 2. The maximum atomic E-state index is 12.4. The Balaban J connectivity index is 1.67. The van der Waals surface area contributed by atoms with Crippen molar-refractivity contribution in [3.8, 4) is 17.6 Å². The highest BCUT2D eigenvalue weighted by molar-refractivity contribution is 6.74. The molecule has 0 saturated heterocycles. The Morgan fingerprint density at radius 2 is 1.76 bits per heavy atom. The molecule has 0 aliphatic carbocycles. The van der Waals surface area contributed by atoms with Crippen molar-refractivity contribution in [1.29, 1.82) is 0 Å². The van der Waals surface area contributed by atoms with Crippen LogP contribution in [0.25, 0.3) is 10.9 Å². The Morgan fingerprint density at radius 1 is 1.10 bits per heavy atom. The number of nitrogens with zero attached hydrogens (tertiary/aromatic N) is 1. The van der Waals surface area contributed by atoms with Crippen LogP contribution in [0.3, 0.4) is 0 Å². The van der Waals surface area contributed by atoms with E-state index < -0.39 is 20.4 Å². The van der Waals surface area contributed by atoms with Gasteiger partial charge in [-0.25, -0.2) is 0 Å². The highest BCUT2D eigenvalue weighted by atomic mass is 28.4. The van der Waals surface area contributed by atoms with Crippen LogP contribution in [0.1, 0.15) is 50.8 Å². The molecule has 0 fully saturated rings. The highest BCUT2D eigenvalue weighted by Crippen LogP contribution is 2.41. The summed E-state index contributed by atoms with van der Waals surface area (Å²) >= 11 is 0. The average Bonchev–Trinajstić information content (AvgIpc) is 2.88. The van der Waals surface area contributed by atoms with Gasteiger partial charge >= 0.3 is 12.1 Å². The van der Waals surface area contributed by atoms with E-state index in [2.05, 4.69) is 55.6 Å². The zero-order valence-electron chi connectivity index (χ0n) is 24.8. The molecule has 3 N–H and O–H groups in total. The number of hydrogen-bond acceptors (Lipinski definition) is 5. The number of amides is 1. The number of hydrogen-bond donors (Lipinski definition) is 3. The van der Waals surface area contributed by atoms with Crippen molar-refractivity contribution >= 4 is 30.8 Å². The summed E-state index contributed by atoms with van der Waals surface area (Å²) < 4.78 is 44.1. The number of anilines is 1. The van der Waals surface area contributed by atoms with Gasteiger partial charge in [-0.2, -0.15) is 13.2 Å². The number of aromatic amines is 1. The topological polar surface area (TPSA) is 94.7 Å². The van der Waals surface area contributed by atoms with Crippen LogP contribution < -0.4 is 10.9 Å². The second-order valence-corrected chi connectivity index (χ2v) is 16.6. The van der Waals surface area contributed by atoms with Crippen LogP contribution >= 0.6 is 0 Å². The van der Waals surface area contributed by atoms with E-state index in [-0.39, 0.29) is 28.1 Å². The number of pyridine rings is 1. The number of aromatic hydroxyl groups is 1. The van der Waals surface area contributed by atoms with Crippen molar-refractivity contribution in [2.45, 2.75) is 64.0 Å². The maximum Gasteiger partial charge on any atom is 0.471 e. The molecule has 0 radical (unpaired) electrons. The number of halogens is 3. The van der Waals surface area contributed by atoms with Crippen molar-refractivity contribution < 1.29 is 27.5 Å². The van der Waals surface area contributed by atoms with E-state index in [9.17, 15) is 27.9 Å². The molecule has 1 amide bonds. The summed E-state index contributed by atoms with van der Waals surface area (Å²) in [5.74, 6) is 4.08. The summed E-state index contributed by atoms with van der Waals surface area (Å²) in [5.41, 5.74) is 1.67. The first-order valence-corrected chi connectivity index (χ1v) is 16.6. The van der Waals surface area contributed by atoms with Gasteiger partial charge in [0.05, 0.1) is 11.6 Å². The van der Waals surface area contributed by atoms with E-state index in [0.29, 0.717) is 24.0 Å². The summed E-state index contributed by atoms with van der Waals surface area (Å²) in [6.07, 6.45) is -3.86. The fraction of sp³-hybridized carbons (Fsp3) is 0.419. The monoisotopic (exact) mass is 601 g/mol. The Labute approximate surface area is 245 Å². The van der Waals surface area contributed by atoms with Gasteiger partial charge in [-0.15, -0.1) is 0 Å². The molecule has 11 heteroatoms. The number of rotatable bonds is 9. The van der Waals surface area contributed by atoms with Gasteiger partial charge in [0, 0.05) is 35.7 Å². The number of unbranched alkanes of at least 4 members (excludes halogenated alkanes) is 1. The molecular weight excluding hydrogens is 563 g/mol. The summed E-state index contributed by atoms with van der Waals surface area (Å²) in [5, 5.41) is 12.9. The lowest BCUT2D eigenvalue weighted by atomic mass is 10.0. The molecule has 7 nitrogen and oxygen atoms in total. The van der Waals surface area contributed by atoms with Gasteiger partial charge < -0.3 is 24.7 Å². The Morgan fingerprint density at radius 3 is 2.38 bits per heavy atom. The number of alkyl halides is 3. The number of H-pyrrole nitrogens is 1. The van der Waals surface area contributed by atoms with Gasteiger partial charge in [0.25, 0.3) is 0 Å². The van der Waals surface area contributed by atoms with Gasteiger partial charge in [0.15, 0.2) is 8.32 Å². The minimum absolute atomic E-state index is 0.00477. The molecule has 226 valence electrons. The van der Waals surface area contributed by atoms with Gasteiger partial charge in [0.2, 0.25) is 5.56 Å². The lowest BCUT2D eigenvalue weighted by Crippen LogP contribution is -2.43. The third kappa shape index (κ3) is 8.71. The van der Waals surface area contributed by atoms with Crippen LogP contribution in [-0.2, 0) is 9.22 Å². The molecule has 3 rings (SSSR count). The van der Waals surface area contributed by atoms with Gasteiger partial charge in [-0.05, 0) is 80.1 Å². The molecule has 0 spiro atoms. The van der Waals surface area contributed by atoms with Gasteiger partial charge in [-0.3, -0.25) is 9.59 Å². The summed E-state index contributed by atoms with van der Waals surface area (Å²) in [4.78, 5) is 27.9. The minimum Gasteiger partial charge on any atom is -0.506 e. The van der Waals surface area contributed by atoms with Crippen LogP contribution in [0, 0.1) is 11.8 Å². The molecule has 1 aromatic heterocycles. The van der Waals surface area contributed by atoms with E-state index in [1.165, 1.54) is 18.2 Å². The molecule has 2 aromatic carbocycles. The molecule has 0 saturated carbocycles. The van der Waals surface area contributed by atoms with Crippen LogP contribution in [-0.4, -0.2) is 55.5 Å². The molecule has 0 bridgehead atoms. The van der Waals surface area contributed by atoms with Crippen molar-refractivity contribution in [2.24, 2.45) is 0 Å². The number of aromatic nitrogens is 1. The van der Waals surface area contributed by atoms with Crippen molar-refractivity contribution in [3.63, 3.8) is 0 Å². The van der Waals surface area contributed by atoms with Gasteiger partial charge in [0.1, 0.15) is 5.75 Å². The highest BCUT2D eigenvalue weighted by Gasteiger charge is 2.40. The first kappa shape index (κ1) is 32.9. The van der Waals surface area contributed by atoms with Crippen molar-refractivity contribution in [1.82, 2.24) is 9.88 Å². The molecule has 1 atom stereocenters. The van der Waals surface area contributed by atoms with E-state index in [1.54, 1.807) is 24.3 Å². The molecule has 1 heterocycles. The summed E-state index contributed by atoms with van der Waals surface area (Å²) in [6, 6.07) is 12.5. The molecule has 3 aromatic rings. The fourth-order valence-corrected chi connectivity index (χ4v) is 5.35. The van der Waals surface area contributed by atoms with Crippen molar-refractivity contribution in [3.05, 3.63) is 70.0 Å². The second-order valence-electron chi connectivity index (χ2n) is 11.8. The van der Waals surface area contributed by atoms with E-state index in [1.807, 2.05) is 18.4 Å². The number of carbonyl (C=O) groups excluding carboxylic acids is 1. The maximum absolute atomic E-state index is 12.4. The van der Waals surface area contributed by atoms with Crippen LogP contribution in [0.5, 0.6) is 5.75 Å². The Hall–Kier alpha value is -3.59. The SMILES string of the molecule is CN(CCCC#Cc1ccc(NC(=O)C(F)(F)F)cc1)CC(O[Si](C)(C)C(C)(C)C)c1ccc(O)c2[nH]c(=O)ccc12. The Kier molecular flexibility index (Phi) is 10.3. The molecule has 0 aliphatic heterocycles. The third-order valence-electron chi connectivity index (χ3n) is 7.45. The predicted octanol–water partition coefficient (Wildman–Crippen LogP) is 6.56. The lowest BCUT2D eigenvalue weighted by molar-refractivity contribution is -0.167. The van der Waals surface area contributed by atoms with Crippen LogP contribution in [0.15, 0.2) is 53.3 Å². The summed E-state index contributed by atoms with van der Waals surface area (Å²) in [6.45, 7) is 12.2. The number of carbonyl (C=O) groups is 1. The second kappa shape index (κ2) is 13.1. The number of phenols is 1. The normalized spacial score (nSPS) is 13.1.